The van der Waals surface area contributed by atoms with E-state index in [1.165, 1.54) is 0 Å². The third-order valence-corrected chi connectivity index (χ3v) is 4.43. The summed E-state index contributed by atoms with van der Waals surface area (Å²) in [5.41, 5.74) is 4.80. The Morgan fingerprint density at radius 2 is 1.40 bits per heavy atom. The summed E-state index contributed by atoms with van der Waals surface area (Å²) in [5.74, 6) is 0. The Bertz CT molecular complexity index is 981. The van der Waals surface area contributed by atoms with Crippen molar-refractivity contribution in [2.75, 3.05) is 0 Å². The summed E-state index contributed by atoms with van der Waals surface area (Å²) in [6.07, 6.45) is -0.0320. The minimum Gasteiger partial charge on any atom is -0.388 e. The van der Waals surface area contributed by atoms with Crippen LogP contribution in [0.4, 0.5) is 0 Å². The number of fused-ring (bicyclic) bond motifs is 1. The Morgan fingerprint density at radius 1 is 0.760 bits per heavy atom. The Balaban J connectivity index is 1.83. The predicted molar refractivity (Wildman–Crippen MR) is 102 cm³/mol. The van der Waals surface area contributed by atoms with E-state index in [-0.39, 0.29) is 0 Å². The number of hydrogen-bond acceptors (Lipinski definition) is 2. The van der Waals surface area contributed by atoms with Gasteiger partial charge in [0.2, 0.25) is 0 Å². The molecule has 0 spiro atoms. The van der Waals surface area contributed by atoms with E-state index < -0.39 is 6.10 Å². The molecule has 0 saturated heterocycles. The number of aliphatic hydroxyl groups excluding tert-OH is 1. The lowest BCUT2D eigenvalue weighted by Gasteiger charge is -2.16. The summed E-state index contributed by atoms with van der Waals surface area (Å²) in [4.78, 5) is 4.85. The number of benzene rings is 3. The summed E-state index contributed by atoms with van der Waals surface area (Å²) in [5, 5.41) is 12.0. The predicted octanol–water partition coefficient (Wildman–Crippen LogP) is 5.18. The van der Waals surface area contributed by atoms with Gasteiger partial charge >= 0.3 is 0 Å². The zero-order chi connectivity index (χ0) is 17.1. The molecule has 1 aromatic heterocycles. The van der Waals surface area contributed by atoms with Crippen molar-refractivity contribution < 1.29 is 5.11 Å². The molecule has 0 aliphatic carbocycles. The molecule has 122 valence electrons. The molecular formula is C23H19NO. The molecule has 1 unspecified atom stereocenters. The highest BCUT2D eigenvalue weighted by Crippen LogP contribution is 2.31. The van der Waals surface area contributed by atoms with Crippen LogP contribution in [0.25, 0.3) is 22.2 Å². The van der Waals surface area contributed by atoms with Crippen LogP contribution in [0.15, 0.2) is 91.0 Å². The number of hydrogen-bond donors (Lipinski definition) is 1. The van der Waals surface area contributed by atoms with Gasteiger partial charge in [0.1, 0.15) is 0 Å². The second kappa shape index (κ2) is 6.88. The second-order valence-corrected chi connectivity index (χ2v) is 6.19. The largest absolute Gasteiger partial charge is 0.388 e. The molecule has 0 aliphatic rings. The van der Waals surface area contributed by atoms with Crippen molar-refractivity contribution in [3.05, 3.63) is 102 Å². The monoisotopic (exact) mass is 325 g/mol. The van der Waals surface area contributed by atoms with Crippen LogP contribution in [-0.4, -0.2) is 10.1 Å². The zero-order valence-corrected chi connectivity index (χ0v) is 13.8. The van der Waals surface area contributed by atoms with E-state index in [0.29, 0.717) is 6.42 Å². The first kappa shape index (κ1) is 15.6. The summed E-state index contributed by atoms with van der Waals surface area (Å²) < 4.78 is 0. The molecule has 4 rings (SSSR count). The molecule has 2 heteroatoms. The van der Waals surface area contributed by atoms with E-state index in [1.807, 2.05) is 84.9 Å². The fraction of sp³-hybridized carbons (Fsp3) is 0.0870. The lowest BCUT2D eigenvalue weighted by Crippen LogP contribution is -2.05. The van der Waals surface area contributed by atoms with Crippen LogP contribution in [0, 0.1) is 0 Å². The van der Waals surface area contributed by atoms with Gasteiger partial charge in [-0.3, -0.25) is 0 Å². The third kappa shape index (κ3) is 3.30. The lowest BCUT2D eigenvalue weighted by molar-refractivity contribution is 0.179. The van der Waals surface area contributed by atoms with Crippen molar-refractivity contribution >= 4 is 10.9 Å². The molecule has 4 aromatic rings. The molecule has 0 fully saturated rings. The first-order valence-electron chi connectivity index (χ1n) is 8.48. The van der Waals surface area contributed by atoms with E-state index in [0.717, 1.165) is 33.3 Å². The van der Waals surface area contributed by atoms with Crippen LogP contribution in [-0.2, 0) is 6.42 Å². The number of nitrogens with zero attached hydrogens (tertiary/aromatic N) is 1. The summed E-state index contributed by atoms with van der Waals surface area (Å²) in [6, 6.07) is 30.2. The molecule has 0 radical (unpaired) electrons. The van der Waals surface area contributed by atoms with Crippen molar-refractivity contribution in [2.24, 2.45) is 0 Å². The summed E-state index contributed by atoms with van der Waals surface area (Å²) >= 11 is 0. The van der Waals surface area contributed by atoms with Gasteiger partial charge in [0.15, 0.2) is 0 Å². The van der Waals surface area contributed by atoms with Crippen LogP contribution < -0.4 is 0 Å². The number of pyridine rings is 1. The Hall–Kier alpha value is -2.97. The Morgan fingerprint density at radius 3 is 2.16 bits per heavy atom. The van der Waals surface area contributed by atoms with Crippen LogP contribution in [0.3, 0.4) is 0 Å². The van der Waals surface area contributed by atoms with Crippen molar-refractivity contribution in [3.8, 4) is 11.3 Å². The van der Waals surface area contributed by atoms with Gasteiger partial charge in [-0.1, -0.05) is 78.9 Å². The normalized spacial score (nSPS) is 12.2. The fourth-order valence-corrected chi connectivity index (χ4v) is 3.16. The molecule has 25 heavy (non-hydrogen) atoms. The van der Waals surface area contributed by atoms with Gasteiger partial charge < -0.3 is 5.11 Å². The van der Waals surface area contributed by atoms with Crippen LogP contribution >= 0.6 is 0 Å². The molecule has 0 amide bonds. The van der Waals surface area contributed by atoms with Gasteiger partial charge in [-0.25, -0.2) is 4.98 Å². The highest BCUT2D eigenvalue weighted by Gasteiger charge is 2.17. The molecule has 0 bridgehead atoms. The van der Waals surface area contributed by atoms with E-state index in [1.54, 1.807) is 0 Å². The first-order valence-corrected chi connectivity index (χ1v) is 8.48. The average Bonchev–Trinajstić information content (AvgIpc) is 2.68. The maximum Gasteiger partial charge on any atom is 0.0851 e. The van der Waals surface area contributed by atoms with Gasteiger partial charge in [-0.05, 0) is 17.7 Å². The smallest absolute Gasteiger partial charge is 0.0851 e. The van der Waals surface area contributed by atoms with Gasteiger partial charge in [-0.2, -0.15) is 0 Å². The van der Waals surface area contributed by atoms with E-state index in [4.69, 9.17) is 4.98 Å². The van der Waals surface area contributed by atoms with Gasteiger partial charge in [0, 0.05) is 22.9 Å². The first-order chi connectivity index (χ1) is 12.3. The van der Waals surface area contributed by atoms with E-state index in [9.17, 15) is 5.11 Å². The maximum absolute atomic E-state index is 10.9. The van der Waals surface area contributed by atoms with Crippen LogP contribution in [0.5, 0.6) is 0 Å². The van der Waals surface area contributed by atoms with Crippen molar-refractivity contribution in [3.63, 3.8) is 0 Å². The zero-order valence-electron chi connectivity index (χ0n) is 13.8. The molecule has 0 saturated carbocycles. The second-order valence-electron chi connectivity index (χ2n) is 6.19. The Labute approximate surface area is 147 Å². The molecule has 0 aliphatic heterocycles. The van der Waals surface area contributed by atoms with E-state index in [2.05, 4.69) is 6.07 Å². The summed E-state index contributed by atoms with van der Waals surface area (Å²) in [7, 11) is 0. The van der Waals surface area contributed by atoms with Crippen molar-refractivity contribution in [1.29, 1.82) is 0 Å². The topological polar surface area (TPSA) is 33.1 Å². The summed E-state index contributed by atoms with van der Waals surface area (Å²) in [6.45, 7) is 0. The number of rotatable bonds is 4. The molecule has 1 heterocycles. The van der Waals surface area contributed by atoms with Gasteiger partial charge in [0.05, 0.1) is 17.3 Å². The number of aliphatic hydroxyl groups is 1. The maximum atomic E-state index is 10.9. The standard InChI is InChI=1S/C23H19NO/c25-22(15-17-9-3-1-4-10-17)20-16-19-13-7-8-14-21(19)24-23(20)18-11-5-2-6-12-18/h1-14,16,22,25H,15H2. The van der Waals surface area contributed by atoms with Crippen LogP contribution in [0.1, 0.15) is 17.2 Å². The van der Waals surface area contributed by atoms with Gasteiger partial charge in [0.25, 0.3) is 0 Å². The third-order valence-electron chi connectivity index (χ3n) is 4.43. The molecule has 1 N–H and O–H groups in total. The highest BCUT2D eigenvalue weighted by atomic mass is 16.3. The highest BCUT2D eigenvalue weighted by molar-refractivity contribution is 5.83. The van der Waals surface area contributed by atoms with Gasteiger partial charge in [-0.15, -0.1) is 0 Å². The van der Waals surface area contributed by atoms with Crippen molar-refractivity contribution in [2.45, 2.75) is 12.5 Å². The SMILES string of the molecule is OC(Cc1ccccc1)c1cc2ccccc2nc1-c1ccccc1. The average molecular weight is 325 g/mol. The molecular weight excluding hydrogens is 306 g/mol. The quantitative estimate of drug-likeness (QED) is 0.561. The molecule has 1 atom stereocenters. The molecule has 3 aromatic carbocycles. The van der Waals surface area contributed by atoms with E-state index >= 15 is 0 Å². The van der Waals surface area contributed by atoms with Crippen LogP contribution in [0.2, 0.25) is 0 Å². The minimum atomic E-state index is -0.602. The van der Waals surface area contributed by atoms with Crippen molar-refractivity contribution in [1.82, 2.24) is 4.98 Å². The Kier molecular flexibility index (Phi) is 4.28. The fourth-order valence-electron chi connectivity index (χ4n) is 3.16. The minimum absolute atomic E-state index is 0.570. The lowest BCUT2D eigenvalue weighted by atomic mass is 9.95. The number of para-hydroxylation sites is 1. The molecule has 2 nitrogen and oxygen atoms in total. The number of aromatic nitrogens is 1.